The highest BCUT2D eigenvalue weighted by Gasteiger charge is 2.07. The molecule has 0 fully saturated rings. The lowest BCUT2D eigenvalue weighted by Gasteiger charge is -2.11. The summed E-state index contributed by atoms with van der Waals surface area (Å²) < 4.78 is 10.6. The monoisotopic (exact) mass is 289 g/mol. The van der Waals surface area contributed by atoms with Gasteiger partial charge in [-0.25, -0.2) is 0 Å². The lowest BCUT2D eigenvalue weighted by atomic mass is 10.2. The fraction of sp³-hybridized carbons (Fsp3) is 0.312. The molecule has 0 aliphatic heterocycles. The van der Waals surface area contributed by atoms with Gasteiger partial charge >= 0.3 is 0 Å². The first-order chi connectivity index (χ1) is 10.3. The number of hydrogen-bond acceptors (Lipinski definition) is 4. The van der Waals surface area contributed by atoms with Crippen LogP contribution in [0.5, 0.6) is 5.75 Å². The first-order valence-corrected chi connectivity index (χ1v) is 6.90. The zero-order valence-electron chi connectivity index (χ0n) is 11.7. The van der Waals surface area contributed by atoms with E-state index in [0.717, 1.165) is 11.3 Å². The highest BCUT2D eigenvalue weighted by atomic mass is 16.5. The summed E-state index contributed by atoms with van der Waals surface area (Å²) in [6.45, 7) is 0.603. The van der Waals surface area contributed by atoms with E-state index in [9.17, 15) is 4.79 Å². The average molecular weight is 289 g/mol. The van der Waals surface area contributed by atoms with Gasteiger partial charge in [0, 0.05) is 24.9 Å². The molecule has 1 aromatic heterocycles. The molecule has 0 aliphatic rings. The molecule has 0 atom stereocenters. The molecule has 112 valence electrons. The van der Waals surface area contributed by atoms with Gasteiger partial charge in [-0.15, -0.1) is 0 Å². The van der Waals surface area contributed by atoms with Crippen molar-refractivity contribution >= 4 is 5.91 Å². The quantitative estimate of drug-likeness (QED) is 0.778. The number of furan rings is 1. The van der Waals surface area contributed by atoms with Crippen LogP contribution in [0.1, 0.15) is 17.7 Å². The van der Waals surface area contributed by atoms with Crippen LogP contribution in [-0.4, -0.2) is 24.2 Å². The third-order valence-electron chi connectivity index (χ3n) is 2.98. The Morgan fingerprint density at radius 1 is 1.24 bits per heavy atom. The third-order valence-corrected chi connectivity index (χ3v) is 2.98. The van der Waals surface area contributed by atoms with Gasteiger partial charge in [0.05, 0.1) is 12.9 Å². The Morgan fingerprint density at radius 2 is 2.10 bits per heavy atom. The Labute approximate surface area is 123 Å². The molecule has 21 heavy (non-hydrogen) atoms. The van der Waals surface area contributed by atoms with E-state index in [0.29, 0.717) is 25.1 Å². The molecule has 0 saturated heterocycles. The van der Waals surface area contributed by atoms with Gasteiger partial charge in [-0.2, -0.15) is 0 Å². The predicted molar refractivity (Wildman–Crippen MR) is 77.9 cm³/mol. The second-order valence-corrected chi connectivity index (χ2v) is 4.54. The van der Waals surface area contributed by atoms with Crippen molar-refractivity contribution in [2.75, 3.05) is 13.2 Å². The van der Waals surface area contributed by atoms with E-state index in [1.54, 1.807) is 6.26 Å². The van der Waals surface area contributed by atoms with Crippen molar-refractivity contribution in [2.24, 2.45) is 0 Å². The minimum atomic E-state index is -0.0386. The maximum Gasteiger partial charge on any atom is 0.220 e. The smallest absolute Gasteiger partial charge is 0.220 e. The molecule has 0 unspecified atom stereocenters. The van der Waals surface area contributed by atoms with Crippen molar-refractivity contribution in [1.82, 2.24) is 5.32 Å². The SMILES string of the molecule is O=C(CCc1ccco1)NCc1ccccc1OCCO. The van der Waals surface area contributed by atoms with Crippen LogP contribution in [0.15, 0.2) is 47.1 Å². The van der Waals surface area contributed by atoms with E-state index in [4.69, 9.17) is 14.3 Å². The van der Waals surface area contributed by atoms with Crippen LogP contribution >= 0.6 is 0 Å². The number of benzene rings is 1. The van der Waals surface area contributed by atoms with Gasteiger partial charge in [0.2, 0.25) is 5.91 Å². The molecule has 2 aromatic rings. The normalized spacial score (nSPS) is 10.3. The van der Waals surface area contributed by atoms with Crippen LogP contribution in [0.4, 0.5) is 0 Å². The molecule has 5 nitrogen and oxygen atoms in total. The summed E-state index contributed by atoms with van der Waals surface area (Å²) in [4.78, 5) is 11.8. The van der Waals surface area contributed by atoms with E-state index in [-0.39, 0.29) is 19.1 Å². The number of hydrogen-bond donors (Lipinski definition) is 2. The molecule has 0 saturated carbocycles. The number of carbonyl (C=O) groups excluding carboxylic acids is 1. The molecule has 1 aromatic carbocycles. The molecule has 2 N–H and O–H groups in total. The van der Waals surface area contributed by atoms with Crippen molar-refractivity contribution in [3.8, 4) is 5.75 Å². The summed E-state index contributed by atoms with van der Waals surface area (Å²) >= 11 is 0. The molecule has 0 spiro atoms. The van der Waals surface area contributed by atoms with Crippen LogP contribution in [0, 0.1) is 0 Å². The minimum absolute atomic E-state index is 0.0379. The van der Waals surface area contributed by atoms with Crippen LogP contribution in [0.3, 0.4) is 0 Å². The topological polar surface area (TPSA) is 71.7 Å². The number of ether oxygens (including phenoxy) is 1. The van der Waals surface area contributed by atoms with Gasteiger partial charge in [0.25, 0.3) is 0 Å². The van der Waals surface area contributed by atoms with Crippen LogP contribution < -0.4 is 10.1 Å². The van der Waals surface area contributed by atoms with E-state index in [2.05, 4.69) is 5.32 Å². The van der Waals surface area contributed by atoms with E-state index in [1.807, 2.05) is 36.4 Å². The molecule has 2 rings (SSSR count). The van der Waals surface area contributed by atoms with Crippen LogP contribution in [-0.2, 0) is 17.8 Å². The molecular weight excluding hydrogens is 270 g/mol. The maximum atomic E-state index is 11.8. The molecule has 0 radical (unpaired) electrons. The Kier molecular flexibility index (Phi) is 5.84. The summed E-state index contributed by atoms with van der Waals surface area (Å²) in [5, 5.41) is 11.6. The maximum absolute atomic E-state index is 11.8. The highest BCUT2D eigenvalue weighted by molar-refractivity contribution is 5.76. The standard InChI is InChI=1S/C16H19NO4/c18-9-11-21-15-6-2-1-4-13(15)12-17-16(19)8-7-14-5-3-10-20-14/h1-6,10,18H,7-9,11-12H2,(H,17,19). The van der Waals surface area contributed by atoms with Gasteiger partial charge in [0.15, 0.2) is 0 Å². The number of aryl methyl sites for hydroxylation is 1. The number of para-hydroxylation sites is 1. The first kappa shape index (κ1) is 15.1. The van der Waals surface area contributed by atoms with Crippen molar-refractivity contribution in [3.05, 3.63) is 54.0 Å². The number of aliphatic hydroxyl groups excluding tert-OH is 1. The summed E-state index contributed by atoms with van der Waals surface area (Å²) in [6, 6.07) is 11.1. The van der Waals surface area contributed by atoms with E-state index >= 15 is 0 Å². The van der Waals surface area contributed by atoms with Crippen molar-refractivity contribution in [3.63, 3.8) is 0 Å². The second-order valence-electron chi connectivity index (χ2n) is 4.54. The molecule has 5 heteroatoms. The fourth-order valence-electron chi connectivity index (χ4n) is 1.92. The van der Waals surface area contributed by atoms with Crippen molar-refractivity contribution < 1.29 is 19.1 Å². The lowest BCUT2D eigenvalue weighted by Crippen LogP contribution is -2.23. The van der Waals surface area contributed by atoms with Gasteiger partial charge in [-0.05, 0) is 18.2 Å². The minimum Gasteiger partial charge on any atom is -0.491 e. The van der Waals surface area contributed by atoms with Gasteiger partial charge in [-0.3, -0.25) is 4.79 Å². The number of nitrogens with one attached hydrogen (secondary N) is 1. The first-order valence-electron chi connectivity index (χ1n) is 6.90. The van der Waals surface area contributed by atoms with Gasteiger partial charge in [-0.1, -0.05) is 18.2 Å². The summed E-state index contributed by atoms with van der Waals surface area (Å²) in [6.07, 6.45) is 2.57. The largest absolute Gasteiger partial charge is 0.491 e. The zero-order chi connectivity index (χ0) is 14.9. The number of amides is 1. The Bertz CT molecular complexity index is 551. The molecule has 1 heterocycles. The second kappa shape index (κ2) is 8.11. The Morgan fingerprint density at radius 3 is 2.86 bits per heavy atom. The Hall–Kier alpha value is -2.27. The summed E-state index contributed by atoms with van der Waals surface area (Å²) in [5.74, 6) is 1.44. The van der Waals surface area contributed by atoms with Crippen LogP contribution in [0.25, 0.3) is 0 Å². The average Bonchev–Trinajstić information content (AvgIpc) is 3.03. The zero-order valence-corrected chi connectivity index (χ0v) is 11.7. The van der Waals surface area contributed by atoms with Crippen molar-refractivity contribution in [1.29, 1.82) is 0 Å². The molecule has 1 amide bonds. The summed E-state index contributed by atoms with van der Waals surface area (Å²) in [5.41, 5.74) is 0.886. The molecule has 0 bridgehead atoms. The van der Waals surface area contributed by atoms with E-state index < -0.39 is 0 Å². The fourth-order valence-corrected chi connectivity index (χ4v) is 1.92. The third kappa shape index (κ3) is 4.96. The Balaban J connectivity index is 1.80. The number of rotatable bonds is 8. The lowest BCUT2D eigenvalue weighted by molar-refractivity contribution is -0.121. The summed E-state index contributed by atoms with van der Waals surface area (Å²) in [7, 11) is 0. The van der Waals surface area contributed by atoms with Gasteiger partial charge < -0.3 is 19.6 Å². The van der Waals surface area contributed by atoms with Crippen LogP contribution in [0.2, 0.25) is 0 Å². The molecule has 0 aliphatic carbocycles. The molecular formula is C16H19NO4. The van der Waals surface area contributed by atoms with E-state index in [1.165, 1.54) is 0 Å². The van der Waals surface area contributed by atoms with Gasteiger partial charge in [0.1, 0.15) is 18.1 Å². The number of carbonyl (C=O) groups is 1. The predicted octanol–water partition coefficient (Wildman–Crippen LogP) is 1.90. The number of aliphatic hydroxyl groups is 1. The highest BCUT2D eigenvalue weighted by Crippen LogP contribution is 2.17. The van der Waals surface area contributed by atoms with Crippen molar-refractivity contribution in [2.45, 2.75) is 19.4 Å².